The lowest BCUT2D eigenvalue weighted by atomic mass is 9.93. The Hall–Kier alpha value is -1.81. The van der Waals surface area contributed by atoms with Crippen LogP contribution in [0.25, 0.3) is 5.57 Å². The summed E-state index contributed by atoms with van der Waals surface area (Å²) in [4.78, 5) is 0. The number of hydrogen-bond acceptors (Lipinski definition) is 1. The molecule has 0 aromatic heterocycles. The van der Waals surface area contributed by atoms with Gasteiger partial charge in [-0.3, -0.25) is 0 Å². The van der Waals surface area contributed by atoms with E-state index in [1.807, 2.05) is 12.2 Å². The van der Waals surface area contributed by atoms with Crippen LogP contribution in [0.1, 0.15) is 24.0 Å². The Morgan fingerprint density at radius 2 is 2.20 bits per heavy atom. The van der Waals surface area contributed by atoms with Crippen LogP contribution < -0.4 is 0 Å². The van der Waals surface area contributed by atoms with Crippen molar-refractivity contribution in [2.45, 2.75) is 19.8 Å². The van der Waals surface area contributed by atoms with E-state index in [9.17, 15) is 0 Å². The molecule has 0 saturated heterocycles. The van der Waals surface area contributed by atoms with Gasteiger partial charge in [-0.05, 0) is 37.0 Å². The first kappa shape index (κ1) is 9.73. The highest BCUT2D eigenvalue weighted by Gasteiger charge is 2.07. The third-order valence-electron chi connectivity index (χ3n) is 2.63. The van der Waals surface area contributed by atoms with Crippen LogP contribution in [0.3, 0.4) is 0 Å². The second kappa shape index (κ2) is 4.14. The van der Waals surface area contributed by atoms with E-state index in [1.165, 1.54) is 16.7 Å². The second-order valence-corrected chi connectivity index (χ2v) is 3.85. The molecule has 1 aliphatic carbocycles. The summed E-state index contributed by atoms with van der Waals surface area (Å²) in [7, 11) is 0. The van der Waals surface area contributed by atoms with Gasteiger partial charge < -0.3 is 0 Å². The summed E-state index contributed by atoms with van der Waals surface area (Å²) in [6.07, 6.45) is 6.01. The molecule has 1 heteroatoms. The molecule has 0 bridgehead atoms. The Morgan fingerprint density at radius 3 is 2.93 bits per heavy atom. The zero-order chi connectivity index (χ0) is 10.7. The minimum atomic E-state index is 0.790. The van der Waals surface area contributed by atoms with Crippen molar-refractivity contribution in [3.05, 3.63) is 53.1 Å². The molecule has 0 aliphatic heterocycles. The van der Waals surface area contributed by atoms with Crippen molar-refractivity contribution in [3.8, 4) is 6.07 Å². The molecule has 1 aromatic rings. The van der Waals surface area contributed by atoms with Crippen LogP contribution in [0.15, 0.2) is 42.0 Å². The number of allylic oxidation sites excluding steroid dienone is 4. The maximum atomic E-state index is 8.85. The molecule has 0 unspecified atom stereocenters. The number of hydrogen-bond donors (Lipinski definition) is 0. The summed E-state index contributed by atoms with van der Waals surface area (Å²) in [5, 5.41) is 8.85. The van der Waals surface area contributed by atoms with E-state index in [1.54, 1.807) is 0 Å². The zero-order valence-corrected chi connectivity index (χ0v) is 8.83. The van der Waals surface area contributed by atoms with E-state index in [0.29, 0.717) is 0 Å². The summed E-state index contributed by atoms with van der Waals surface area (Å²) < 4.78 is 0. The van der Waals surface area contributed by atoms with Crippen molar-refractivity contribution >= 4 is 5.57 Å². The van der Waals surface area contributed by atoms with Crippen molar-refractivity contribution in [1.82, 2.24) is 0 Å². The van der Waals surface area contributed by atoms with Gasteiger partial charge in [0.05, 0.1) is 6.07 Å². The molecule has 74 valence electrons. The lowest BCUT2D eigenvalue weighted by Gasteiger charge is -2.11. The monoisotopic (exact) mass is 195 g/mol. The van der Waals surface area contributed by atoms with Crippen molar-refractivity contribution in [3.63, 3.8) is 0 Å². The minimum Gasteiger partial charge on any atom is -0.192 e. The van der Waals surface area contributed by atoms with E-state index in [2.05, 4.69) is 37.3 Å². The normalized spacial score (nSPS) is 15.2. The van der Waals surface area contributed by atoms with E-state index in [4.69, 9.17) is 5.26 Å². The average Bonchev–Trinajstić information content (AvgIpc) is 2.29. The van der Waals surface area contributed by atoms with Gasteiger partial charge in [0.15, 0.2) is 0 Å². The molecular formula is C14H13N. The Labute approximate surface area is 90.4 Å². The summed E-state index contributed by atoms with van der Waals surface area (Å²) in [5.74, 6) is 0. The Balaban J connectivity index is 2.37. The van der Waals surface area contributed by atoms with Gasteiger partial charge in [-0.25, -0.2) is 0 Å². The minimum absolute atomic E-state index is 0.790. The van der Waals surface area contributed by atoms with Gasteiger partial charge in [-0.15, -0.1) is 0 Å². The molecule has 2 rings (SSSR count). The summed E-state index contributed by atoms with van der Waals surface area (Å²) in [5.41, 5.74) is 4.58. The van der Waals surface area contributed by atoms with Gasteiger partial charge in [-0.2, -0.15) is 5.26 Å². The van der Waals surface area contributed by atoms with Crippen molar-refractivity contribution in [2.75, 3.05) is 0 Å². The zero-order valence-electron chi connectivity index (χ0n) is 8.83. The quantitative estimate of drug-likeness (QED) is 0.671. The van der Waals surface area contributed by atoms with Gasteiger partial charge in [0.1, 0.15) is 0 Å². The van der Waals surface area contributed by atoms with Crippen LogP contribution in [0.4, 0.5) is 0 Å². The standard InChI is InChI=1S/C14H13N/c1-11-4-2-6-13(8-11)14-7-3-5-12(9-14)10-15/h2,4-6,8-9H,3,7H2,1H3. The Kier molecular flexibility index (Phi) is 2.69. The van der Waals surface area contributed by atoms with E-state index >= 15 is 0 Å². The van der Waals surface area contributed by atoms with Gasteiger partial charge in [-0.1, -0.05) is 35.9 Å². The van der Waals surface area contributed by atoms with E-state index in [0.717, 1.165) is 18.4 Å². The molecular weight excluding hydrogens is 182 g/mol. The average molecular weight is 195 g/mol. The highest BCUT2D eigenvalue weighted by atomic mass is 14.2. The fraction of sp³-hybridized carbons (Fsp3) is 0.214. The molecule has 15 heavy (non-hydrogen) atoms. The molecule has 0 amide bonds. The van der Waals surface area contributed by atoms with Crippen LogP contribution in [0, 0.1) is 18.3 Å². The number of nitrogens with zero attached hydrogens (tertiary/aromatic N) is 1. The molecule has 1 aliphatic rings. The first-order chi connectivity index (χ1) is 7.29. The molecule has 1 aromatic carbocycles. The fourth-order valence-electron chi connectivity index (χ4n) is 1.85. The van der Waals surface area contributed by atoms with Gasteiger partial charge in [0.2, 0.25) is 0 Å². The largest absolute Gasteiger partial charge is 0.192 e. The first-order valence-electron chi connectivity index (χ1n) is 5.17. The van der Waals surface area contributed by atoms with Crippen molar-refractivity contribution in [1.29, 1.82) is 5.26 Å². The molecule has 0 fully saturated rings. The smallest absolute Gasteiger partial charge is 0.0988 e. The van der Waals surface area contributed by atoms with Crippen molar-refractivity contribution < 1.29 is 0 Å². The molecule has 0 saturated carbocycles. The van der Waals surface area contributed by atoms with Crippen molar-refractivity contribution in [2.24, 2.45) is 0 Å². The Bertz CT molecular complexity index is 472. The molecule has 0 radical (unpaired) electrons. The predicted octanol–water partition coefficient (Wildman–Crippen LogP) is 3.62. The predicted molar refractivity (Wildman–Crippen MR) is 62.1 cm³/mol. The molecule has 0 atom stereocenters. The third-order valence-corrected chi connectivity index (χ3v) is 2.63. The summed E-state index contributed by atoms with van der Waals surface area (Å²) >= 11 is 0. The third kappa shape index (κ3) is 2.16. The highest BCUT2D eigenvalue weighted by Crippen LogP contribution is 2.26. The van der Waals surface area contributed by atoms with Crippen LogP contribution in [0.5, 0.6) is 0 Å². The number of rotatable bonds is 1. The molecule has 0 heterocycles. The van der Waals surface area contributed by atoms with Gasteiger partial charge >= 0.3 is 0 Å². The highest BCUT2D eigenvalue weighted by molar-refractivity contribution is 5.71. The molecule has 0 N–H and O–H groups in total. The summed E-state index contributed by atoms with van der Waals surface area (Å²) in [6, 6.07) is 10.6. The lowest BCUT2D eigenvalue weighted by Crippen LogP contribution is -1.91. The summed E-state index contributed by atoms with van der Waals surface area (Å²) in [6.45, 7) is 2.09. The van der Waals surface area contributed by atoms with Gasteiger partial charge in [0.25, 0.3) is 0 Å². The maximum absolute atomic E-state index is 8.85. The van der Waals surface area contributed by atoms with Crippen LogP contribution in [-0.4, -0.2) is 0 Å². The Morgan fingerprint density at radius 1 is 1.33 bits per heavy atom. The molecule has 0 spiro atoms. The fourth-order valence-corrected chi connectivity index (χ4v) is 1.85. The number of nitriles is 1. The van der Waals surface area contributed by atoms with Crippen LogP contribution in [0.2, 0.25) is 0 Å². The van der Waals surface area contributed by atoms with E-state index < -0.39 is 0 Å². The number of benzene rings is 1. The first-order valence-corrected chi connectivity index (χ1v) is 5.17. The maximum Gasteiger partial charge on any atom is 0.0988 e. The van der Waals surface area contributed by atoms with Crippen LogP contribution >= 0.6 is 0 Å². The second-order valence-electron chi connectivity index (χ2n) is 3.85. The molecule has 1 nitrogen and oxygen atoms in total. The van der Waals surface area contributed by atoms with E-state index in [-0.39, 0.29) is 0 Å². The topological polar surface area (TPSA) is 23.8 Å². The van der Waals surface area contributed by atoms with Gasteiger partial charge in [0, 0.05) is 5.57 Å². The number of aryl methyl sites for hydroxylation is 1. The SMILES string of the molecule is Cc1cccc(C2=CC(C#N)=CCC2)c1. The van der Waals surface area contributed by atoms with Crippen LogP contribution in [-0.2, 0) is 0 Å². The lowest BCUT2D eigenvalue weighted by molar-refractivity contribution is 1.04.